The van der Waals surface area contributed by atoms with Crippen molar-refractivity contribution in [2.45, 2.75) is 51.6 Å². The smallest absolute Gasteiger partial charge is 0.333 e. The van der Waals surface area contributed by atoms with Crippen LogP contribution in [0.1, 0.15) is 45.4 Å². The fraction of sp³-hybridized carbons (Fsp3) is 0.750. The van der Waals surface area contributed by atoms with Crippen LogP contribution in [0.5, 0.6) is 0 Å². The van der Waals surface area contributed by atoms with Crippen LogP contribution in [0, 0.1) is 0 Å². The molecule has 1 rings (SSSR count). The molecule has 0 radical (unpaired) electrons. The summed E-state index contributed by atoms with van der Waals surface area (Å²) in [6, 6.07) is 0. The second kappa shape index (κ2) is 6.62. The van der Waals surface area contributed by atoms with Gasteiger partial charge in [0.25, 0.3) is 0 Å². The van der Waals surface area contributed by atoms with Gasteiger partial charge in [0.15, 0.2) is 0 Å². The van der Waals surface area contributed by atoms with E-state index in [0.717, 1.165) is 19.3 Å². The maximum atomic E-state index is 11.6. The predicted molar refractivity (Wildman–Crippen MR) is 60.4 cm³/mol. The van der Waals surface area contributed by atoms with Crippen LogP contribution < -0.4 is 5.73 Å². The first-order chi connectivity index (χ1) is 7.24. The molecule has 1 aliphatic carbocycles. The summed E-state index contributed by atoms with van der Waals surface area (Å²) in [5.74, 6) is -0.171. The van der Waals surface area contributed by atoms with E-state index in [9.17, 15) is 4.79 Å². The SMILES string of the molecule is CC(=CCCN)C(=O)OC1CCCCC1. The fourth-order valence-corrected chi connectivity index (χ4v) is 1.81. The van der Waals surface area contributed by atoms with Gasteiger partial charge in [0.1, 0.15) is 6.10 Å². The Hall–Kier alpha value is -0.830. The Kier molecular flexibility index (Phi) is 5.40. The largest absolute Gasteiger partial charge is 0.459 e. The van der Waals surface area contributed by atoms with Gasteiger partial charge < -0.3 is 10.5 Å². The zero-order valence-electron chi connectivity index (χ0n) is 9.50. The summed E-state index contributed by atoms with van der Waals surface area (Å²) < 4.78 is 5.40. The number of hydrogen-bond donors (Lipinski definition) is 1. The van der Waals surface area contributed by atoms with Gasteiger partial charge in [-0.05, 0) is 45.6 Å². The second-order valence-electron chi connectivity index (χ2n) is 4.13. The number of nitrogens with two attached hydrogens (primary N) is 1. The van der Waals surface area contributed by atoms with E-state index < -0.39 is 0 Å². The molecule has 0 heterocycles. The van der Waals surface area contributed by atoms with Crippen molar-refractivity contribution in [3.8, 4) is 0 Å². The summed E-state index contributed by atoms with van der Waals surface area (Å²) in [5.41, 5.74) is 6.05. The summed E-state index contributed by atoms with van der Waals surface area (Å²) >= 11 is 0. The fourth-order valence-electron chi connectivity index (χ4n) is 1.81. The molecule has 0 aromatic carbocycles. The number of carbonyl (C=O) groups is 1. The summed E-state index contributed by atoms with van der Waals surface area (Å²) in [6.07, 6.45) is 8.43. The summed E-state index contributed by atoms with van der Waals surface area (Å²) in [6.45, 7) is 2.37. The van der Waals surface area contributed by atoms with Gasteiger partial charge in [-0.3, -0.25) is 0 Å². The van der Waals surface area contributed by atoms with Gasteiger partial charge in [-0.1, -0.05) is 12.5 Å². The highest BCUT2D eigenvalue weighted by molar-refractivity contribution is 5.87. The van der Waals surface area contributed by atoms with Crippen LogP contribution in [-0.4, -0.2) is 18.6 Å². The number of ether oxygens (including phenoxy) is 1. The molecule has 15 heavy (non-hydrogen) atoms. The Balaban J connectivity index is 2.33. The van der Waals surface area contributed by atoms with E-state index >= 15 is 0 Å². The molecule has 1 fully saturated rings. The molecule has 0 spiro atoms. The molecule has 0 aromatic rings. The average Bonchev–Trinajstić information content (AvgIpc) is 2.27. The van der Waals surface area contributed by atoms with Crippen molar-refractivity contribution in [1.82, 2.24) is 0 Å². The molecule has 1 saturated carbocycles. The van der Waals surface area contributed by atoms with E-state index in [0.29, 0.717) is 12.1 Å². The monoisotopic (exact) mass is 211 g/mol. The van der Waals surface area contributed by atoms with Crippen molar-refractivity contribution in [2.75, 3.05) is 6.54 Å². The Morgan fingerprint density at radius 1 is 1.40 bits per heavy atom. The molecule has 3 nitrogen and oxygen atoms in total. The van der Waals surface area contributed by atoms with Crippen LogP contribution in [0.2, 0.25) is 0 Å². The normalized spacial score (nSPS) is 18.9. The highest BCUT2D eigenvalue weighted by Crippen LogP contribution is 2.21. The number of rotatable bonds is 4. The Labute approximate surface area is 91.7 Å². The molecule has 86 valence electrons. The minimum Gasteiger partial charge on any atom is -0.459 e. The van der Waals surface area contributed by atoms with Crippen molar-refractivity contribution < 1.29 is 9.53 Å². The number of hydrogen-bond acceptors (Lipinski definition) is 3. The van der Waals surface area contributed by atoms with Crippen molar-refractivity contribution in [3.05, 3.63) is 11.6 Å². The van der Waals surface area contributed by atoms with E-state index in [2.05, 4.69) is 0 Å². The maximum Gasteiger partial charge on any atom is 0.333 e. The highest BCUT2D eigenvalue weighted by atomic mass is 16.5. The molecular weight excluding hydrogens is 190 g/mol. The van der Waals surface area contributed by atoms with Crippen LogP contribution in [0.3, 0.4) is 0 Å². The van der Waals surface area contributed by atoms with Crippen LogP contribution in [0.25, 0.3) is 0 Å². The first-order valence-corrected chi connectivity index (χ1v) is 5.82. The van der Waals surface area contributed by atoms with Gasteiger partial charge in [0.2, 0.25) is 0 Å². The van der Waals surface area contributed by atoms with Gasteiger partial charge in [-0.2, -0.15) is 0 Å². The van der Waals surface area contributed by atoms with Crippen LogP contribution in [0.15, 0.2) is 11.6 Å². The Morgan fingerprint density at radius 3 is 2.67 bits per heavy atom. The zero-order valence-corrected chi connectivity index (χ0v) is 9.50. The van der Waals surface area contributed by atoms with Crippen molar-refractivity contribution in [2.24, 2.45) is 5.73 Å². The van der Waals surface area contributed by atoms with Crippen molar-refractivity contribution in [1.29, 1.82) is 0 Å². The predicted octanol–water partition coefficient (Wildman–Crippen LogP) is 2.16. The third-order valence-electron chi connectivity index (χ3n) is 2.77. The van der Waals surface area contributed by atoms with Crippen molar-refractivity contribution >= 4 is 5.97 Å². The molecule has 0 saturated heterocycles. The summed E-state index contributed by atoms with van der Waals surface area (Å²) in [7, 11) is 0. The van der Waals surface area contributed by atoms with Gasteiger partial charge in [0.05, 0.1) is 0 Å². The van der Waals surface area contributed by atoms with Gasteiger partial charge in [-0.25, -0.2) is 4.79 Å². The maximum absolute atomic E-state index is 11.6. The minimum atomic E-state index is -0.171. The molecule has 2 N–H and O–H groups in total. The molecule has 0 aromatic heterocycles. The van der Waals surface area contributed by atoms with Gasteiger partial charge in [0, 0.05) is 5.57 Å². The Morgan fingerprint density at radius 2 is 2.07 bits per heavy atom. The summed E-state index contributed by atoms with van der Waals surface area (Å²) in [5, 5.41) is 0. The van der Waals surface area contributed by atoms with Crippen molar-refractivity contribution in [3.63, 3.8) is 0 Å². The molecule has 0 aliphatic heterocycles. The lowest BCUT2D eigenvalue weighted by Crippen LogP contribution is -2.21. The standard InChI is InChI=1S/C12H21NO2/c1-10(6-5-9-13)12(14)15-11-7-3-2-4-8-11/h6,11H,2-5,7-9,13H2,1H3. The van der Waals surface area contributed by atoms with E-state index in [1.165, 1.54) is 19.3 Å². The number of carbonyl (C=O) groups excluding carboxylic acids is 1. The first-order valence-electron chi connectivity index (χ1n) is 5.82. The lowest BCUT2D eigenvalue weighted by molar-refractivity contribution is -0.145. The lowest BCUT2D eigenvalue weighted by atomic mass is 9.98. The van der Waals surface area contributed by atoms with Gasteiger partial charge in [-0.15, -0.1) is 0 Å². The molecule has 0 bridgehead atoms. The minimum absolute atomic E-state index is 0.146. The lowest BCUT2D eigenvalue weighted by Gasteiger charge is -2.21. The van der Waals surface area contributed by atoms with E-state index in [1.54, 1.807) is 6.92 Å². The summed E-state index contributed by atoms with van der Waals surface area (Å²) in [4.78, 5) is 11.6. The topological polar surface area (TPSA) is 52.3 Å². The van der Waals surface area contributed by atoms with Crippen LogP contribution >= 0.6 is 0 Å². The van der Waals surface area contributed by atoms with E-state index in [4.69, 9.17) is 10.5 Å². The van der Waals surface area contributed by atoms with E-state index in [1.807, 2.05) is 6.08 Å². The second-order valence-corrected chi connectivity index (χ2v) is 4.13. The molecular formula is C12H21NO2. The third-order valence-corrected chi connectivity index (χ3v) is 2.77. The average molecular weight is 211 g/mol. The Bertz CT molecular complexity index is 230. The van der Waals surface area contributed by atoms with E-state index in [-0.39, 0.29) is 12.1 Å². The number of esters is 1. The highest BCUT2D eigenvalue weighted by Gasteiger charge is 2.18. The third kappa shape index (κ3) is 4.47. The quantitative estimate of drug-likeness (QED) is 0.572. The van der Waals surface area contributed by atoms with Gasteiger partial charge >= 0.3 is 5.97 Å². The van der Waals surface area contributed by atoms with Crippen LogP contribution in [0.4, 0.5) is 0 Å². The molecule has 0 unspecified atom stereocenters. The zero-order chi connectivity index (χ0) is 11.1. The first kappa shape index (κ1) is 12.2. The molecule has 3 heteroatoms. The molecule has 1 aliphatic rings. The van der Waals surface area contributed by atoms with Crippen LogP contribution in [-0.2, 0) is 9.53 Å². The molecule has 0 atom stereocenters. The molecule has 0 amide bonds.